The number of fused-ring (bicyclic) bond motifs is 1. The molecule has 33 heavy (non-hydrogen) atoms. The van der Waals surface area contributed by atoms with E-state index in [4.69, 9.17) is 14.2 Å². The fourth-order valence-electron chi connectivity index (χ4n) is 4.70. The summed E-state index contributed by atoms with van der Waals surface area (Å²) >= 11 is 0. The predicted octanol–water partition coefficient (Wildman–Crippen LogP) is 3.62. The first-order valence-electron chi connectivity index (χ1n) is 11.5. The molecule has 1 N–H and O–H groups in total. The topological polar surface area (TPSA) is 85.3 Å². The van der Waals surface area contributed by atoms with E-state index in [0.717, 1.165) is 30.4 Å². The van der Waals surface area contributed by atoms with Gasteiger partial charge in [0.25, 0.3) is 11.7 Å². The second-order valence-corrected chi connectivity index (χ2v) is 8.54. The number of amides is 1. The van der Waals surface area contributed by atoms with Crippen LogP contribution in [0.25, 0.3) is 5.76 Å². The van der Waals surface area contributed by atoms with Gasteiger partial charge in [0.1, 0.15) is 19.0 Å². The summed E-state index contributed by atoms with van der Waals surface area (Å²) in [5, 5.41) is 11.3. The number of hydrogen-bond donors (Lipinski definition) is 1. The number of Topliss-reactive ketones (excluding diaryl/α,β-unsaturated/α-hetero) is 1. The lowest BCUT2D eigenvalue weighted by molar-refractivity contribution is -0.140. The Kier molecular flexibility index (Phi) is 5.81. The molecule has 7 heteroatoms. The van der Waals surface area contributed by atoms with Crippen LogP contribution in [-0.2, 0) is 20.7 Å². The number of benzene rings is 2. The average Bonchev–Trinajstić information content (AvgIpc) is 3.46. The molecule has 2 aromatic carbocycles. The molecule has 0 radical (unpaired) electrons. The standard InChI is InChI=1S/C26H27NO6/c1-2-16-5-7-17(8-6-16)23-22(25(29)26(30)27(23)15-19-4-3-11-31-19)24(28)18-9-10-20-21(14-18)33-13-12-32-20/h5-10,14,19,23,28H,2-4,11-13,15H2,1H3. The van der Waals surface area contributed by atoms with Crippen molar-refractivity contribution in [3.05, 3.63) is 64.7 Å². The first-order valence-corrected chi connectivity index (χ1v) is 11.5. The van der Waals surface area contributed by atoms with E-state index in [9.17, 15) is 14.7 Å². The van der Waals surface area contributed by atoms with E-state index < -0.39 is 17.7 Å². The van der Waals surface area contributed by atoms with Gasteiger partial charge in [-0.2, -0.15) is 0 Å². The number of aliphatic hydroxyl groups is 1. The van der Waals surface area contributed by atoms with Gasteiger partial charge in [0.15, 0.2) is 11.5 Å². The molecule has 3 aliphatic rings. The number of ether oxygens (including phenoxy) is 3. The van der Waals surface area contributed by atoms with Crippen molar-refractivity contribution in [1.82, 2.24) is 4.90 Å². The van der Waals surface area contributed by atoms with Gasteiger partial charge in [0.2, 0.25) is 0 Å². The van der Waals surface area contributed by atoms with Crippen LogP contribution in [0.3, 0.4) is 0 Å². The van der Waals surface area contributed by atoms with Crippen molar-refractivity contribution in [2.45, 2.75) is 38.3 Å². The number of carbonyl (C=O) groups is 2. The van der Waals surface area contributed by atoms with Gasteiger partial charge in [0, 0.05) is 18.7 Å². The zero-order chi connectivity index (χ0) is 22.9. The van der Waals surface area contributed by atoms with Crippen molar-refractivity contribution in [3.8, 4) is 11.5 Å². The monoisotopic (exact) mass is 449 g/mol. The molecule has 0 aromatic heterocycles. The molecule has 5 rings (SSSR count). The molecule has 3 heterocycles. The van der Waals surface area contributed by atoms with Gasteiger partial charge < -0.3 is 24.2 Å². The Morgan fingerprint density at radius 2 is 1.79 bits per heavy atom. The van der Waals surface area contributed by atoms with Crippen molar-refractivity contribution >= 4 is 17.4 Å². The van der Waals surface area contributed by atoms with Crippen LogP contribution < -0.4 is 9.47 Å². The summed E-state index contributed by atoms with van der Waals surface area (Å²) < 4.78 is 16.9. The summed E-state index contributed by atoms with van der Waals surface area (Å²) in [5.74, 6) is -0.435. The van der Waals surface area contributed by atoms with Crippen molar-refractivity contribution in [3.63, 3.8) is 0 Å². The third-order valence-corrected chi connectivity index (χ3v) is 6.48. The maximum atomic E-state index is 13.2. The fraction of sp³-hybridized carbons (Fsp3) is 0.385. The SMILES string of the molecule is CCc1ccc(C2C(=C(O)c3ccc4c(c3)OCCO4)C(=O)C(=O)N2CC2CCCO2)cc1. The summed E-state index contributed by atoms with van der Waals surface area (Å²) in [6, 6.07) is 12.2. The summed E-state index contributed by atoms with van der Waals surface area (Å²) in [6.45, 7) is 3.90. The van der Waals surface area contributed by atoms with E-state index in [1.54, 1.807) is 23.1 Å². The number of likely N-dealkylation sites (tertiary alicyclic amines) is 1. The predicted molar refractivity (Wildman–Crippen MR) is 121 cm³/mol. The van der Waals surface area contributed by atoms with E-state index in [0.29, 0.717) is 43.4 Å². The van der Waals surface area contributed by atoms with Gasteiger partial charge >= 0.3 is 0 Å². The number of carbonyl (C=O) groups excluding carboxylic acids is 2. The summed E-state index contributed by atoms with van der Waals surface area (Å²) in [4.78, 5) is 27.8. The molecule has 172 valence electrons. The van der Waals surface area contributed by atoms with Gasteiger partial charge in [-0.15, -0.1) is 0 Å². The van der Waals surface area contributed by atoms with Crippen LogP contribution in [0.2, 0.25) is 0 Å². The number of nitrogens with zero attached hydrogens (tertiary/aromatic N) is 1. The molecule has 0 aliphatic carbocycles. The molecule has 2 atom stereocenters. The lowest BCUT2D eigenvalue weighted by Gasteiger charge is -2.27. The van der Waals surface area contributed by atoms with Crippen LogP contribution in [0.5, 0.6) is 11.5 Å². The molecular weight excluding hydrogens is 422 g/mol. The molecule has 0 saturated carbocycles. The van der Waals surface area contributed by atoms with Crippen LogP contribution in [0.15, 0.2) is 48.0 Å². The van der Waals surface area contributed by atoms with Crippen LogP contribution in [-0.4, -0.2) is 54.2 Å². The van der Waals surface area contributed by atoms with Gasteiger partial charge in [-0.1, -0.05) is 31.2 Å². The molecule has 2 saturated heterocycles. The number of rotatable bonds is 5. The highest BCUT2D eigenvalue weighted by Crippen LogP contribution is 2.41. The number of aliphatic hydroxyl groups excluding tert-OH is 1. The summed E-state index contributed by atoms with van der Waals surface area (Å²) in [5.41, 5.74) is 2.42. The lowest BCUT2D eigenvalue weighted by Crippen LogP contribution is -2.36. The zero-order valence-corrected chi connectivity index (χ0v) is 18.6. The second kappa shape index (κ2) is 8.90. The first-order chi connectivity index (χ1) is 16.1. The molecule has 3 aliphatic heterocycles. The van der Waals surface area contributed by atoms with Crippen molar-refractivity contribution < 1.29 is 28.9 Å². The molecule has 2 fully saturated rings. The van der Waals surface area contributed by atoms with E-state index in [1.807, 2.05) is 24.3 Å². The number of aryl methyl sites for hydroxylation is 1. The minimum atomic E-state index is -0.690. The Morgan fingerprint density at radius 3 is 2.48 bits per heavy atom. The Balaban J connectivity index is 1.59. The van der Waals surface area contributed by atoms with Gasteiger partial charge in [-0.05, 0) is 48.6 Å². The number of hydrogen-bond acceptors (Lipinski definition) is 6. The minimum Gasteiger partial charge on any atom is -0.507 e. The van der Waals surface area contributed by atoms with E-state index in [-0.39, 0.29) is 17.4 Å². The van der Waals surface area contributed by atoms with Crippen molar-refractivity contribution in [2.75, 3.05) is 26.4 Å². The summed E-state index contributed by atoms with van der Waals surface area (Å²) in [6.07, 6.45) is 2.54. The first kappa shape index (κ1) is 21.5. The maximum absolute atomic E-state index is 13.2. The molecule has 2 unspecified atom stereocenters. The van der Waals surface area contributed by atoms with E-state index in [2.05, 4.69) is 6.92 Å². The molecule has 2 aromatic rings. The summed E-state index contributed by atoms with van der Waals surface area (Å²) in [7, 11) is 0. The molecule has 0 spiro atoms. The number of ketones is 1. The molecule has 0 bridgehead atoms. The Hall–Kier alpha value is -3.32. The highest BCUT2D eigenvalue weighted by molar-refractivity contribution is 6.46. The average molecular weight is 450 g/mol. The molecule has 1 amide bonds. The van der Waals surface area contributed by atoms with Gasteiger partial charge in [-0.25, -0.2) is 0 Å². The smallest absolute Gasteiger partial charge is 0.295 e. The highest BCUT2D eigenvalue weighted by atomic mass is 16.6. The van der Waals surface area contributed by atoms with Crippen LogP contribution in [0.1, 0.15) is 42.5 Å². The molecule has 7 nitrogen and oxygen atoms in total. The van der Waals surface area contributed by atoms with Gasteiger partial charge in [0.05, 0.1) is 17.7 Å². The van der Waals surface area contributed by atoms with Crippen LogP contribution in [0, 0.1) is 0 Å². The van der Waals surface area contributed by atoms with Crippen LogP contribution >= 0.6 is 0 Å². The lowest BCUT2D eigenvalue weighted by atomic mass is 9.94. The van der Waals surface area contributed by atoms with Crippen molar-refractivity contribution in [1.29, 1.82) is 0 Å². The Bertz CT molecular complexity index is 1100. The third-order valence-electron chi connectivity index (χ3n) is 6.48. The normalized spacial score (nSPS) is 23.8. The quantitative estimate of drug-likeness (QED) is 0.426. The Labute approximate surface area is 192 Å². The largest absolute Gasteiger partial charge is 0.507 e. The minimum absolute atomic E-state index is 0.0823. The third kappa shape index (κ3) is 3.97. The van der Waals surface area contributed by atoms with E-state index in [1.165, 1.54) is 0 Å². The Morgan fingerprint density at radius 1 is 1.03 bits per heavy atom. The fourth-order valence-corrected chi connectivity index (χ4v) is 4.70. The highest BCUT2D eigenvalue weighted by Gasteiger charge is 2.47. The van der Waals surface area contributed by atoms with Gasteiger partial charge in [-0.3, -0.25) is 9.59 Å². The van der Waals surface area contributed by atoms with Crippen LogP contribution in [0.4, 0.5) is 0 Å². The maximum Gasteiger partial charge on any atom is 0.295 e. The van der Waals surface area contributed by atoms with Crippen molar-refractivity contribution in [2.24, 2.45) is 0 Å². The second-order valence-electron chi connectivity index (χ2n) is 8.54. The zero-order valence-electron chi connectivity index (χ0n) is 18.6. The molecular formula is C26H27NO6. The van der Waals surface area contributed by atoms with E-state index >= 15 is 0 Å².